The van der Waals surface area contributed by atoms with E-state index >= 15 is 0 Å². The summed E-state index contributed by atoms with van der Waals surface area (Å²) in [5.41, 5.74) is 1.39. The Balaban J connectivity index is 1.19. The number of aromatic nitrogens is 2. The smallest absolute Gasteiger partial charge is 0.277 e. The van der Waals surface area contributed by atoms with Crippen molar-refractivity contribution in [2.24, 2.45) is 0 Å². The average Bonchev–Trinajstić information content (AvgIpc) is 3.48. The molecule has 1 aliphatic heterocycles. The molecule has 2 amide bonds. The van der Waals surface area contributed by atoms with Crippen molar-refractivity contribution in [3.63, 3.8) is 0 Å². The Morgan fingerprint density at radius 2 is 1.84 bits per heavy atom. The summed E-state index contributed by atoms with van der Waals surface area (Å²) in [6, 6.07) is 12.2. The first kappa shape index (κ1) is 21.5. The molecule has 0 fully saturated rings. The molecule has 0 spiro atoms. The van der Waals surface area contributed by atoms with Crippen molar-refractivity contribution >= 4 is 23.6 Å². The Labute approximate surface area is 187 Å². The molecule has 0 atom stereocenters. The zero-order valence-electron chi connectivity index (χ0n) is 17.1. The number of amides is 2. The summed E-state index contributed by atoms with van der Waals surface area (Å²) in [6.07, 6.45) is 0. The zero-order chi connectivity index (χ0) is 22.3. The van der Waals surface area contributed by atoms with Crippen molar-refractivity contribution in [1.29, 1.82) is 0 Å². The lowest BCUT2D eigenvalue weighted by atomic mass is 10.2. The average molecular weight is 456 g/mol. The van der Waals surface area contributed by atoms with E-state index in [-0.39, 0.29) is 42.0 Å². The second kappa shape index (κ2) is 10.1. The van der Waals surface area contributed by atoms with E-state index < -0.39 is 0 Å². The molecule has 2 aromatic carbocycles. The fraction of sp³-hybridized carbons (Fsp3) is 0.238. The summed E-state index contributed by atoms with van der Waals surface area (Å²) < 4.78 is 21.1. The number of methoxy groups -OCH3 is 1. The molecular weight excluding hydrogens is 436 g/mol. The van der Waals surface area contributed by atoms with Gasteiger partial charge in [-0.05, 0) is 42.0 Å². The van der Waals surface area contributed by atoms with E-state index in [4.69, 9.17) is 18.6 Å². The van der Waals surface area contributed by atoms with Crippen LogP contribution in [0.15, 0.2) is 52.1 Å². The fourth-order valence-corrected chi connectivity index (χ4v) is 3.41. The summed E-state index contributed by atoms with van der Waals surface area (Å²) in [6.45, 7) is 0.649. The van der Waals surface area contributed by atoms with Gasteiger partial charge < -0.3 is 29.3 Å². The number of nitrogens with zero attached hydrogens (tertiary/aromatic N) is 2. The van der Waals surface area contributed by atoms with Gasteiger partial charge in [0.2, 0.25) is 18.6 Å². The molecule has 0 radical (unpaired) electrons. The molecule has 1 aromatic heterocycles. The quantitative estimate of drug-likeness (QED) is 0.466. The van der Waals surface area contributed by atoms with Gasteiger partial charge in [0, 0.05) is 12.1 Å². The second-order valence-corrected chi connectivity index (χ2v) is 7.55. The molecule has 4 rings (SSSR count). The number of carbonyl (C=O) groups is 2. The minimum atomic E-state index is -0.275. The summed E-state index contributed by atoms with van der Waals surface area (Å²) in [5.74, 6) is 1.94. The molecule has 0 unspecified atom stereocenters. The molecule has 0 aliphatic carbocycles. The van der Waals surface area contributed by atoms with Crippen molar-refractivity contribution < 1.29 is 28.2 Å². The number of hydrogen-bond acceptors (Lipinski definition) is 9. The molecule has 2 heterocycles. The van der Waals surface area contributed by atoms with Gasteiger partial charge >= 0.3 is 0 Å². The Hall–Kier alpha value is -3.73. The third-order valence-corrected chi connectivity index (χ3v) is 5.27. The lowest BCUT2D eigenvalue weighted by molar-refractivity contribution is -0.118. The molecule has 0 bridgehead atoms. The van der Waals surface area contributed by atoms with Gasteiger partial charge in [0.05, 0.1) is 19.4 Å². The largest absolute Gasteiger partial charge is 0.497 e. The van der Waals surface area contributed by atoms with E-state index in [0.717, 1.165) is 17.3 Å². The van der Waals surface area contributed by atoms with Gasteiger partial charge in [-0.15, -0.1) is 10.2 Å². The highest BCUT2D eigenvalue weighted by molar-refractivity contribution is 7.99. The summed E-state index contributed by atoms with van der Waals surface area (Å²) >= 11 is 1.12. The Morgan fingerprint density at radius 3 is 2.66 bits per heavy atom. The molecular formula is C21H20N4O6S. The van der Waals surface area contributed by atoms with Crippen molar-refractivity contribution in [2.45, 2.75) is 18.3 Å². The van der Waals surface area contributed by atoms with Gasteiger partial charge in [0.25, 0.3) is 11.1 Å². The lowest BCUT2D eigenvalue weighted by Gasteiger charge is -2.05. The number of ether oxygens (including phenoxy) is 3. The molecule has 3 aromatic rings. The van der Waals surface area contributed by atoms with Crippen LogP contribution in [0.2, 0.25) is 0 Å². The Kier molecular flexibility index (Phi) is 6.75. The van der Waals surface area contributed by atoms with E-state index in [9.17, 15) is 9.59 Å². The van der Waals surface area contributed by atoms with Gasteiger partial charge in [-0.2, -0.15) is 0 Å². The molecule has 10 nitrogen and oxygen atoms in total. The van der Waals surface area contributed by atoms with Crippen LogP contribution in [0.4, 0.5) is 0 Å². The van der Waals surface area contributed by atoms with Crippen LogP contribution < -0.4 is 24.8 Å². The molecule has 0 saturated carbocycles. The molecule has 2 N–H and O–H groups in total. The van der Waals surface area contributed by atoms with Crippen LogP contribution in [0.25, 0.3) is 0 Å². The van der Waals surface area contributed by atoms with Crippen LogP contribution in [0.1, 0.15) is 21.8 Å². The molecule has 32 heavy (non-hydrogen) atoms. The van der Waals surface area contributed by atoms with Gasteiger partial charge in [0.1, 0.15) is 5.75 Å². The number of benzene rings is 2. The van der Waals surface area contributed by atoms with Gasteiger partial charge in [0.15, 0.2) is 11.5 Å². The number of nitrogens with one attached hydrogen (secondary N) is 2. The van der Waals surface area contributed by atoms with Crippen LogP contribution in [-0.4, -0.2) is 41.7 Å². The standard InChI is InChI=1S/C21H20N4O6S/c1-28-15-5-3-14(4-6-15)20(27)23-10-19-24-25-21(31-19)32-11-18(26)22-9-13-2-7-16-17(8-13)30-12-29-16/h2-8H,9-12H2,1H3,(H,22,26)(H,23,27). The van der Waals surface area contributed by atoms with Crippen molar-refractivity contribution in [1.82, 2.24) is 20.8 Å². The zero-order valence-corrected chi connectivity index (χ0v) is 17.9. The van der Waals surface area contributed by atoms with Gasteiger partial charge in [-0.1, -0.05) is 17.8 Å². The lowest BCUT2D eigenvalue weighted by Crippen LogP contribution is -2.24. The summed E-state index contributed by atoms with van der Waals surface area (Å²) in [5, 5.41) is 13.5. The predicted molar refractivity (Wildman–Crippen MR) is 114 cm³/mol. The highest BCUT2D eigenvalue weighted by Gasteiger charge is 2.14. The maximum atomic E-state index is 12.2. The second-order valence-electron chi connectivity index (χ2n) is 6.63. The summed E-state index contributed by atoms with van der Waals surface area (Å²) in [4.78, 5) is 24.3. The fourth-order valence-electron chi connectivity index (χ4n) is 2.80. The van der Waals surface area contributed by atoms with Gasteiger partial charge in [-0.3, -0.25) is 9.59 Å². The Bertz CT molecular complexity index is 1100. The first-order valence-electron chi connectivity index (χ1n) is 9.63. The first-order valence-corrected chi connectivity index (χ1v) is 10.6. The number of rotatable bonds is 9. The maximum absolute atomic E-state index is 12.2. The number of carbonyl (C=O) groups excluding carboxylic acids is 2. The van der Waals surface area contributed by atoms with Crippen LogP contribution in [0, 0.1) is 0 Å². The molecule has 11 heteroatoms. The number of hydrogen-bond donors (Lipinski definition) is 2. The van der Waals surface area contributed by atoms with E-state index in [1.807, 2.05) is 18.2 Å². The van der Waals surface area contributed by atoms with Crippen LogP contribution >= 0.6 is 11.8 Å². The minimum absolute atomic E-state index is 0.0781. The highest BCUT2D eigenvalue weighted by Crippen LogP contribution is 2.32. The third kappa shape index (κ3) is 5.49. The number of thioether (sulfide) groups is 1. The molecule has 1 aliphatic rings. The van der Waals surface area contributed by atoms with Crippen LogP contribution in [0.3, 0.4) is 0 Å². The van der Waals surface area contributed by atoms with Crippen molar-refractivity contribution in [3.8, 4) is 17.2 Å². The van der Waals surface area contributed by atoms with Crippen LogP contribution in [0.5, 0.6) is 17.2 Å². The topological polar surface area (TPSA) is 125 Å². The third-order valence-electron chi connectivity index (χ3n) is 4.45. The predicted octanol–water partition coefficient (Wildman–Crippen LogP) is 2.15. The summed E-state index contributed by atoms with van der Waals surface area (Å²) in [7, 11) is 1.56. The maximum Gasteiger partial charge on any atom is 0.277 e. The minimum Gasteiger partial charge on any atom is -0.497 e. The van der Waals surface area contributed by atoms with Crippen molar-refractivity contribution in [3.05, 3.63) is 59.5 Å². The first-order chi connectivity index (χ1) is 15.6. The molecule has 0 saturated heterocycles. The van der Waals surface area contributed by atoms with E-state index in [2.05, 4.69) is 20.8 Å². The SMILES string of the molecule is COc1ccc(C(=O)NCc2nnc(SCC(=O)NCc3ccc4c(c3)OCO4)o2)cc1. The van der Waals surface area contributed by atoms with Crippen LogP contribution in [-0.2, 0) is 17.9 Å². The van der Waals surface area contributed by atoms with E-state index in [1.54, 1.807) is 31.4 Å². The van der Waals surface area contributed by atoms with Crippen molar-refractivity contribution in [2.75, 3.05) is 19.7 Å². The van der Waals surface area contributed by atoms with Gasteiger partial charge in [-0.25, -0.2) is 0 Å². The normalized spacial score (nSPS) is 11.8. The monoisotopic (exact) mass is 456 g/mol. The Morgan fingerprint density at radius 1 is 1.03 bits per heavy atom. The highest BCUT2D eigenvalue weighted by atomic mass is 32.2. The van der Waals surface area contributed by atoms with E-state index in [1.165, 1.54) is 0 Å². The number of fused-ring (bicyclic) bond motifs is 1. The van der Waals surface area contributed by atoms with E-state index in [0.29, 0.717) is 29.4 Å². The molecule has 166 valence electrons.